The predicted molar refractivity (Wildman–Crippen MR) is 102 cm³/mol. The van der Waals surface area contributed by atoms with Gasteiger partial charge in [0.25, 0.3) is 0 Å². The summed E-state index contributed by atoms with van der Waals surface area (Å²) in [6, 6.07) is 0. The Bertz CT molecular complexity index is 759. The summed E-state index contributed by atoms with van der Waals surface area (Å²) >= 11 is 0. The van der Waals surface area contributed by atoms with Gasteiger partial charge in [-0.25, -0.2) is 4.79 Å². The maximum atomic E-state index is 12.0. The van der Waals surface area contributed by atoms with Crippen molar-refractivity contribution in [3.63, 3.8) is 0 Å². The number of esters is 1. The second-order valence-corrected chi connectivity index (χ2v) is 8.11. The van der Waals surface area contributed by atoms with Gasteiger partial charge in [0.2, 0.25) is 0 Å². The Hall–Kier alpha value is -2.03. The van der Waals surface area contributed by atoms with E-state index in [0.717, 1.165) is 0 Å². The van der Waals surface area contributed by atoms with Crippen molar-refractivity contribution in [3.05, 3.63) is 0 Å². The third-order valence-electron chi connectivity index (χ3n) is 5.49. The van der Waals surface area contributed by atoms with E-state index < -0.39 is 111 Å². The number of rotatable bonds is 10. The number of carboxylic acids is 2. The molecule has 2 aliphatic heterocycles. The number of carboxylic acid groups (broad SMARTS) is 2. The van der Waals surface area contributed by atoms with E-state index in [-0.39, 0.29) is 0 Å². The van der Waals surface area contributed by atoms with Crippen LogP contribution >= 0.6 is 0 Å². The highest BCUT2D eigenvalue weighted by Crippen LogP contribution is 2.29. The quantitative estimate of drug-likeness (QED) is 0.121. The highest BCUT2D eigenvalue weighted by molar-refractivity contribution is 5.88. The Balaban J connectivity index is 2.06. The minimum atomic E-state index is -2.99. The molecule has 17 nitrogen and oxygen atoms in total. The molecule has 10 N–H and O–H groups in total. The van der Waals surface area contributed by atoms with Gasteiger partial charge in [-0.05, 0) is 0 Å². The Morgan fingerprint density at radius 1 is 0.800 bits per heavy atom. The van der Waals surface area contributed by atoms with Crippen LogP contribution in [-0.2, 0) is 33.3 Å². The van der Waals surface area contributed by atoms with Gasteiger partial charge in [-0.3, -0.25) is 9.59 Å². The van der Waals surface area contributed by atoms with Gasteiger partial charge >= 0.3 is 17.9 Å². The number of carbonyl (C=O) groups excluding carboxylic acids is 1. The summed E-state index contributed by atoms with van der Waals surface area (Å²) in [7, 11) is 0. The third kappa shape index (κ3) is 6.80. The highest BCUT2D eigenvalue weighted by Gasteiger charge is 2.50. The minimum absolute atomic E-state index is 0.816. The molecule has 0 aliphatic carbocycles. The van der Waals surface area contributed by atoms with Crippen LogP contribution in [0.1, 0.15) is 12.8 Å². The van der Waals surface area contributed by atoms with E-state index >= 15 is 0 Å². The fraction of sp³-hybridized carbons (Fsp3) is 0.833. The number of aliphatic hydroxyl groups is 8. The second kappa shape index (κ2) is 11.8. The summed E-state index contributed by atoms with van der Waals surface area (Å²) in [5.41, 5.74) is -2.99. The van der Waals surface area contributed by atoms with Crippen LogP contribution in [-0.4, -0.2) is 149 Å². The predicted octanol–water partition coefficient (Wildman–Crippen LogP) is -6.17. The lowest BCUT2D eigenvalue weighted by Crippen LogP contribution is -2.64. The average Bonchev–Trinajstić information content (AvgIpc) is 2.77. The molecule has 1 unspecified atom stereocenters. The molecule has 2 fully saturated rings. The first-order chi connectivity index (χ1) is 16.2. The first-order valence-corrected chi connectivity index (χ1v) is 10.2. The summed E-state index contributed by atoms with van der Waals surface area (Å²) in [6.45, 7) is -1.70. The molecule has 35 heavy (non-hydrogen) atoms. The van der Waals surface area contributed by atoms with E-state index in [1.807, 2.05) is 0 Å². The average molecular weight is 516 g/mol. The number of carbonyl (C=O) groups is 3. The molecule has 11 atom stereocenters. The zero-order chi connectivity index (χ0) is 26.7. The van der Waals surface area contributed by atoms with Gasteiger partial charge in [0.15, 0.2) is 18.2 Å². The standard InChI is InChI=1S/C18H28O17/c19-3-5-14(11(25)12(26)15(28)33-5)35-16-13(27)10(24)9(23)6(34-16)4-32-8(22)2-18(31,17(29)30)1-7(20)21/h5-6,9-16,19,23-28,31H,1-4H2,(H,20,21)(H,29,30)/t5-,6-,9+,10+,11-,12-,13-,14-,15+,16+,18?/m1/s1. The first kappa shape index (κ1) is 29.2. The van der Waals surface area contributed by atoms with E-state index in [2.05, 4.69) is 0 Å². The normalized spacial score (nSPS) is 39.4. The fourth-order valence-electron chi connectivity index (χ4n) is 3.49. The topological polar surface area (TPSA) is 290 Å². The lowest BCUT2D eigenvalue weighted by molar-refractivity contribution is -0.355. The van der Waals surface area contributed by atoms with Crippen LogP contribution in [0.3, 0.4) is 0 Å². The van der Waals surface area contributed by atoms with E-state index in [1.165, 1.54) is 0 Å². The minimum Gasteiger partial charge on any atom is -0.481 e. The molecule has 2 aliphatic rings. The monoisotopic (exact) mass is 516 g/mol. The van der Waals surface area contributed by atoms with Gasteiger partial charge in [0.1, 0.15) is 55.4 Å². The van der Waals surface area contributed by atoms with Gasteiger partial charge in [-0.1, -0.05) is 0 Å². The van der Waals surface area contributed by atoms with Crippen LogP contribution in [0.4, 0.5) is 0 Å². The maximum Gasteiger partial charge on any atom is 0.336 e. The first-order valence-electron chi connectivity index (χ1n) is 10.2. The van der Waals surface area contributed by atoms with Crippen LogP contribution in [0.2, 0.25) is 0 Å². The zero-order valence-electron chi connectivity index (χ0n) is 17.9. The van der Waals surface area contributed by atoms with E-state index in [0.29, 0.717) is 0 Å². The van der Waals surface area contributed by atoms with Gasteiger partial charge in [-0.15, -0.1) is 0 Å². The second-order valence-electron chi connectivity index (χ2n) is 8.11. The van der Waals surface area contributed by atoms with E-state index in [9.17, 15) is 55.2 Å². The Kier molecular flexibility index (Phi) is 9.85. The van der Waals surface area contributed by atoms with Crippen molar-refractivity contribution in [2.45, 2.75) is 79.9 Å². The molecule has 202 valence electrons. The Morgan fingerprint density at radius 2 is 1.43 bits per heavy atom. The molecule has 0 amide bonds. The van der Waals surface area contributed by atoms with Crippen molar-refractivity contribution >= 4 is 17.9 Å². The molecule has 17 heteroatoms. The summed E-state index contributed by atoms with van der Waals surface area (Å²) in [6.07, 6.45) is -20.5. The van der Waals surface area contributed by atoms with Crippen molar-refractivity contribution in [1.82, 2.24) is 0 Å². The molecule has 2 rings (SSSR count). The molecule has 0 saturated carbocycles. The van der Waals surface area contributed by atoms with Crippen LogP contribution in [0.15, 0.2) is 0 Å². The molecule has 2 saturated heterocycles. The van der Waals surface area contributed by atoms with Crippen LogP contribution in [0.25, 0.3) is 0 Å². The summed E-state index contributed by atoms with van der Waals surface area (Å²) in [5, 5.41) is 96.9. The van der Waals surface area contributed by atoms with Crippen LogP contribution in [0, 0.1) is 0 Å². The number of ether oxygens (including phenoxy) is 4. The van der Waals surface area contributed by atoms with Gasteiger partial charge in [-0.2, -0.15) is 0 Å². The van der Waals surface area contributed by atoms with Crippen molar-refractivity contribution in [1.29, 1.82) is 0 Å². The summed E-state index contributed by atoms with van der Waals surface area (Å²) < 4.78 is 20.2. The van der Waals surface area contributed by atoms with Crippen molar-refractivity contribution in [2.75, 3.05) is 13.2 Å². The number of hydrogen-bond acceptors (Lipinski definition) is 15. The van der Waals surface area contributed by atoms with Gasteiger partial charge in [0, 0.05) is 0 Å². The third-order valence-corrected chi connectivity index (χ3v) is 5.49. The van der Waals surface area contributed by atoms with Crippen molar-refractivity contribution in [3.8, 4) is 0 Å². The Labute approximate surface area is 196 Å². The molecular weight excluding hydrogens is 488 g/mol. The lowest BCUT2D eigenvalue weighted by Gasteiger charge is -2.45. The smallest absolute Gasteiger partial charge is 0.336 e. The molecule has 2 heterocycles. The molecule has 0 radical (unpaired) electrons. The zero-order valence-corrected chi connectivity index (χ0v) is 17.9. The molecule has 0 aromatic rings. The molecule has 0 aromatic carbocycles. The number of hydrogen-bond donors (Lipinski definition) is 10. The maximum absolute atomic E-state index is 12.0. The fourth-order valence-corrected chi connectivity index (χ4v) is 3.49. The summed E-state index contributed by atoms with van der Waals surface area (Å²) in [4.78, 5) is 33.9. The summed E-state index contributed by atoms with van der Waals surface area (Å²) in [5.74, 6) is -5.12. The van der Waals surface area contributed by atoms with Crippen LogP contribution < -0.4 is 0 Å². The molecule has 0 aromatic heterocycles. The highest BCUT2D eigenvalue weighted by atomic mass is 16.7. The largest absolute Gasteiger partial charge is 0.481 e. The van der Waals surface area contributed by atoms with E-state index in [1.54, 1.807) is 0 Å². The van der Waals surface area contributed by atoms with Gasteiger partial charge in [0.05, 0.1) is 19.4 Å². The molecular formula is C18H28O17. The number of aliphatic carboxylic acids is 2. The number of aliphatic hydroxyl groups excluding tert-OH is 7. The van der Waals surface area contributed by atoms with Crippen LogP contribution in [0.5, 0.6) is 0 Å². The Morgan fingerprint density at radius 3 is 1.97 bits per heavy atom. The van der Waals surface area contributed by atoms with Crippen molar-refractivity contribution in [2.24, 2.45) is 0 Å². The van der Waals surface area contributed by atoms with Gasteiger partial charge < -0.3 is 70.0 Å². The van der Waals surface area contributed by atoms with Crippen molar-refractivity contribution < 1.29 is 84.4 Å². The molecule has 0 bridgehead atoms. The van der Waals surface area contributed by atoms with E-state index in [4.69, 9.17) is 29.2 Å². The lowest BCUT2D eigenvalue weighted by atomic mass is 9.95. The SMILES string of the molecule is O=C(O)CC(O)(CC(=O)OC[C@H]1O[C@@H](O[C@H]2[C@H](O)[C@@H](O)[C@@H](O)O[C@@H]2CO)[C@H](O)[C@@H](O)[C@H]1O)C(=O)O. The molecule has 0 spiro atoms.